The van der Waals surface area contributed by atoms with Crippen LogP contribution in [0.15, 0.2) is 42.6 Å². The maximum atomic E-state index is 12.3. The second-order valence-electron chi connectivity index (χ2n) is 6.54. The van der Waals surface area contributed by atoms with Crippen molar-refractivity contribution in [3.05, 3.63) is 53.7 Å². The van der Waals surface area contributed by atoms with E-state index in [0.29, 0.717) is 18.6 Å². The molecule has 1 saturated heterocycles. The van der Waals surface area contributed by atoms with Gasteiger partial charge in [-0.3, -0.25) is 4.79 Å². The molecule has 1 aliphatic rings. The van der Waals surface area contributed by atoms with Crippen molar-refractivity contribution in [3.63, 3.8) is 0 Å². The van der Waals surface area contributed by atoms with E-state index in [1.807, 2.05) is 30.3 Å². The molecule has 27 heavy (non-hydrogen) atoms. The number of piperidine rings is 1. The van der Waals surface area contributed by atoms with Gasteiger partial charge in [-0.2, -0.15) is 5.26 Å². The molecule has 3 rings (SSSR count). The summed E-state index contributed by atoms with van der Waals surface area (Å²) >= 11 is 0. The number of carbonyl (C=O) groups is 1. The molecule has 6 nitrogen and oxygen atoms in total. The minimum absolute atomic E-state index is 0.0597. The van der Waals surface area contributed by atoms with Crippen LogP contribution in [-0.4, -0.2) is 37.8 Å². The van der Waals surface area contributed by atoms with E-state index in [1.54, 1.807) is 19.4 Å². The number of hydrogen-bond donors (Lipinski definition) is 0. The molecule has 0 atom stereocenters. The Morgan fingerprint density at radius 2 is 1.96 bits per heavy atom. The van der Waals surface area contributed by atoms with Crippen molar-refractivity contribution in [2.75, 3.05) is 31.7 Å². The molecule has 0 spiro atoms. The number of hydrogen-bond acceptors (Lipinski definition) is 6. The van der Waals surface area contributed by atoms with E-state index in [2.05, 4.69) is 16.0 Å². The zero-order chi connectivity index (χ0) is 19.1. The van der Waals surface area contributed by atoms with Gasteiger partial charge in [-0.15, -0.1) is 0 Å². The van der Waals surface area contributed by atoms with Gasteiger partial charge in [0.05, 0.1) is 25.2 Å². The molecule has 1 aliphatic heterocycles. The third-order valence-corrected chi connectivity index (χ3v) is 4.82. The van der Waals surface area contributed by atoms with Gasteiger partial charge in [0.2, 0.25) is 0 Å². The van der Waals surface area contributed by atoms with Crippen LogP contribution in [0.25, 0.3) is 0 Å². The van der Waals surface area contributed by atoms with Crippen LogP contribution in [0, 0.1) is 17.2 Å². The lowest BCUT2D eigenvalue weighted by Crippen LogP contribution is -2.37. The number of nitrogens with zero attached hydrogens (tertiary/aromatic N) is 3. The summed E-state index contributed by atoms with van der Waals surface area (Å²) in [5.41, 5.74) is 1.67. The van der Waals surface area contributed by atoms with E-state index in [0.717, 1.165) is 43.1 Å². The SMILES string of the molecule is COc1ccc(CCOC(=O)C2CCN(c3ccc(C#N)cn3)CC2)cc1. The van der Waals surface area contributed by atoms with E-state index in [1.165, 1.54) is 0 Å². The van der Waals surface area contributed by atoms with Gasteiger partial charge in [0.1, 0.15) is 17.6 Å². The molecule has 0 unspecified atom stereocenters. The van der Waals surface area contributed by atoms with Gasteiger partial charge in [0, 0.05) is 25.7 Å². The number of methoxy groups -OCH3 is 1. The Hall–Kier alpha value is -3.07. The fourth-order valence-corrected chi connectivity index (χ4v) is 3.16. The quantitative estimate of drug-likeness (QED) is 0.733. The summed E-state index contributed by atoms with van der Waals surface area (Å²) in [5, 5.41) is 8.84. The second kappa shape index (κ2) is 9.04. The van der Waals surface area contributed by atoms with Crippen molar-refractivity contribution in [2.45, 2.75) is 19.3 Å². The highest BCUT2D eigenvalue weighted by atomic mass is 16.5. The molecular weight excluding hydrogens is 342 g/mol. The smallest absolute Gasteiger partial charge is 0.309 e. The highest BCUT2D eigenvalue weighted by molar-refractivity contribution is 5.72. The number of benzene rings is 1. The number of rotatable bonds is 6. The Balaban J connectivity index is 1.41. The van der Waals surface area contributed by atoms with Crippen LogP contribution in [0.2, 0.25) is 0 Å². The monoisotopic (exact) mass is 365 g/mol. The van der Waals surface area contributed by atoms with Crippen molar-refractivity contribution in [1.82, 2.24) is 4.98 Å². The Kier molecular flexibility index (Phi) is 6.26. The molecule has 6 heteroatoms. The first-order chi connectivity index (χ1) is 13.2. The first-order valence-electron chi connectivity index (χ1n) is 9.10. The molecule has 1 fully saturated rings. The highest BCUT2D eigenvalue weighted by Gasteiger charge is 2.26. The molecule has 1 aromatic carbocycles. The van der Waals surface area contributed by atoms with Crippen LogP contribution in [0.4, 0.5) is 5.82 Å². The molecule has 0 bridgehead atoms. The van der Waals surface area contributed by atoms with Gasteiger partial charge in [-0.25, -0.2) is 4.98 Å². The third-order valence-electron chi connectivity index (χ3n) is 4.82. The van der Waals surface area contributed by atoms with E-state index in [-0.39, 0.29) is 11.9 Å². The second-order valence-corrected chi connectivity index (χ2v) is 6.54. The lowest BCUT2D eigenvalue weighted by Gasteiger charge is -2.31. The van der Waals surface area contributed by atoms with Crippen LogP contribution in [0.3, 0.4) is 0 Å². The molecule has 0 N–H and O–H groups in total. The van der Waals surface area contributed by atoms with Gasteiger partial charge in [0.25, 0.3) is 0 Å². The molecule has 2 heterocycles. The predicted octanol–water partition coefficient (Wildman–Crippen LogP) is 2.96. The maximum Gasteiger partial charge on any atom is 0.309 e. The topological polar surface area (TPSA) is 75.5 Å². The van der Waals surface area contributed by atoms with E-state index in [9.17, 15) is 4.79 Å². The van der Waals surface area contributed by atoms with Gasteiger partial charge < -0.3 is 14.4 Å². The molecule has 0 saturated carbocycles. The van der Waals surface area contributed by atoms with Crippen molar-refractivity contribution >= 4 is 11.8 Å². The van der Waals surface area contributed by atoms with Crippen molar-refractivity contribution in [2.24, 2.45) is 5.92 Å². The van der Waals surface area contributed by atoms with Gasteiger partial charge in [-0.1, -0.05) is 12.1 Å². The zero-order valence-electron chi connectivity index (χ0n) is 15.4. The standard InChI is InChI=1S/C21H23N3O3/c1-26-19-5-2-16(3-6-19)10-13-27-21(25)18-8-11-24(12-9-18)20-7-4-17(14-22)15-23-20/h2-7,15,18H,8-13H2,1H3. The Morgan fingerprint density at radius 1 is 1.22 bits per heavy atom. The minimum Gasteiger partial charge on any atom is -0.497 e. The summed E-state index contributed by atoms with van der Waals surface area (Å²) in [6, 6.07) is 13.5. The zero-order valence-corrected chi connectivity index (χ0v) is 15.4. The lowest BCUT2D eigenvalue weighted by molar-refractivity contribution is -0.149. The first-order valence-corrected chi connectivity index (χ1v) is 9.10. The van der Waals surface area contributed by atoms with Crippen molar-refractivity contribution < 1.29 is 14.3 Å². The fraction of sp³-hybridized carbons (Fsp3) is 0.381. The summed E-state index contributed by atoms with van der Waals surface area (Å²) in [5.74, 6) is 1.49. The van der Waals surface area contributed by atoms with E-state index in [4.69, 9.17) is 14.7 Å². The number of nitriles is 1. The van der Waals surface area contributed by atoms with Crippen LogP contribution in [0.5, 0.6) is 5.75 Å². The normalized spacial score (nSPS) is 14.4. The number of ether oxygens (including phenoxy) is 2. The predicted molar refractivity (Wildman–Crippen MR) is 102 cm³/mol. The number of anilines is 1. The third kappa shape index (κ3) is 4.98. The average Bonchev–Trinajstić information content (AvgIpc) is 2.74. The summed E-state index contributed by atoms with van der Waals surface area (Å²) < 4.78 is 10.6. The van der Waals surface area contributed by atoms with Gasteiger partial charge in [-0.05, 0) is 42.7 Å². The van der Waals surface area contributed by atoms with Crippen LogP contribution in [-0.2, 0) is 16.0 Å². The molecular formula is C21H23N3O3. The minimum atomic E-state index is -0.115. The Morgan fingerprint density at radius 3 is 2.56 bits per heavy atom. The molecule has 140 valence electrons. The summed E-state index contributed by atoms with van der Waals surface area (Å²) in [4.78, 5) is 18.8. The largest absolute Gasteiger partial charge is 0.497 e. The summed E-state index contributed by atoms with van der Waals surface area (Å²) in [7, 11) is 1.64. The number of aromatic nitrogens is 1. The van der Waals surface area contributed by atoms with Crippen LogP contribution < -0.4 is 9.64 Å². The van der Waals surface area contributed by atoms with Gasteiger partial charge >= 0.3 is 5.97 Å². The maximum absolute atomic E-state index is 12.3. The Labute approximate surface area is 159 Å². The van der Waals surface area contributed by atoms with Crippen molar-refractivity contribution in [1.29, 1.82) is 5.26 Å². The van der Waals surface area contributed by atoms with Crippen molar-refractivity contribution in [3.8, 4) is 11.8 Å². The fourth-order valence-electron chi connectivity index (χ4n) is 3.16. The highest BCUT2D eigenvalue weighted by Crippen LogP contribution is 2.23. The first kappa shape index (κ1) is 18.7. The van der Waals surface area contributed by atoms with Gasteiger partial charge in [0.15, 0.2) is 0 Å². The number of esters is 1. The molecule has 0 radical (unpaired) electrons. The van der Waals surface area contributed by atoms with Crippen LogP contribution >= 0.6 is 0 Å². The Bertz CT molecular complexity index is 789. The van der Waals surface area contributed by atoms with E-state index >= 15 is 0 Å². The number of carbonyl (C=O) groups excluding carboxylic acids is 1. The molecule has 2 aromatic rings. The number of pyridine rings is 1. The molecule has 1 aromatic heterocycles. The van der Waals surface area contributed by atoms with E-state index < -0.39 is 0 Å². The summed E-state index contributed by atoms with van der Waals surface area (Å²) in [6.45, 7) is 1.91. The lowest BCUT2D eigenvalue weighted by atomic mass is 9.97. The summed E-state index contributed by atoms with van der Waals surface area (Å²) in [6.07, 6.45) is 3.78. The average molecular weight is 365 g/mol. The van der Waals surface area contributed by atoms with Crippen LogP contribution in [0.1, 0.15) is 24.0 Å². The molecule has 0 aliphatic carbocycles. The molecule has 0 amide bonds.